The molecule has 6 heteroatoms. The Bertz CT molecular complexity index is 453. The molecule has 0 saturated heterocycles. The lowest BCUT2D eigenvalue weighted by Crippen LogP contribution is -2.13. The average molecular weight is 237 g/mol. The van der Waals surface area contributed by atoms with Gasteiger partial charge in [0.2, 0.25) is 0 Å². The first kappa shape index (κ1) is 11.3. The highest BCUT2D eigenvalue weighted by Crippen LogP contribution is 2.22. The van der Waals surface area contributed by atoms with Crippen LogP contribution in [0.2, 0.25) is 0 Å². The summed E-state index contributed by atoms with van der Waals surface area (Å²) in [4.78, 5) is 17.7. The summed E-state index contributed by atoms with van der Waals surface area (Å²) in [7, 11) is 4.17. The Labute approximate surface area is 98.7 Å². The van der Waals surface area contributed by atoms with E-state index in [-0.39, 0.29) is 0 Å². The van der Waals surface area contributed by atoms with E-state index in [0.29, 0.717) is 0 Å². The molecule has 0 fully saturated rings. The number of aromatic nitrogens is 4. The van der Waals surface area contributed by atoms with Gasteiger partial charge in [-0.05, 0) is 27.1 Å². The molecule has 1 N–H and O–H groups in total. The molecule has 0 spiro atoms. The molecule has 0 saturated carbocycles. The summed E-state index contributed by atoms with van der Waals surface area (Å²) in [5.41, 5.74) is 1.68. The van der Waals surface area contributed by atoms with Crippen molar-refractivity contribution in [1.82, 2.24) is 24.8 Å². The minimum atomic E-state index is 0.741. The van der Waals surface area contributed by atoms with Crippen molar-refractivity contribution in [3.63, 3.8) is 0 Å². The molecule has 0 aliphatic heterocycles. The van der Waals surface area contributed by atoms with E-state index in [2.05, 4.69) is 38.9 Å². The molecule has 16 heavy (non-hydrogen) atoms. The van der Waals surface area contributed by atoms with Crippen LogP contribution in [0.5, 0.6) is 0 Å². The third kappa shape index (κ3) is 2.70. The van der Waals surface area contributed by atoms with Crippen molar-refractivity contribution in [2.45, 2.75) is 11.4 Å². The van der Waals surface area contributed by atoms with Crippen molar-refractivity contribution in [1.29, 1.82) is 0 Å². The van der Waals surface area contributed by atoms with Crippen molar-refractivity contribution < 1.29 is 0 Å². The quantitative estimate of drug-likeness (QED) is 0.484. The number of nitrogens with zero attached hydrogens (tertiary/aromatic N) is 4. The molecule has 5 nitrogen and oxygen atoms in total. The monoisotopic (exact) mass is 237 g/mol. The Balaban J connectivity index is 1.96. The van der Waals surface area contributed by atoms with Gasteiger partial charge in [0.05, 0.1) is 6.33 Å². The fraction of sp³-hybridized carbons (Fsp3) is 0.500. The summed E-state index contributed by atoms with van der Waals surface area (Å²) in [6.07, 6.45) is 4.37. The van der Waals surface area contributed by atoms with Crippen LogP contribution in [-0.4, -0.2) is 51.2 Å². The predicted octanol–water partition coefficient (Wildman–Crippen LogP) is 1.40. The van der Waals surface area contributed by atoms with Gasteiger partial charge in [0.1, 0.15) is 16.9 Å². The number of nitrogens with one attached hydrogen (secondary N) is 1. The first-order valence-electron chi connectivity index (χ1n) is 5.19. The van der Waals surface area contributed by atoms with Crippen LogP contribution in [0.4, 0.5) is 0 Å². The number of rotatable bonds is 5. The summed E-state index contributed by atoms with van der Waals surface area (Å²) >= 11 is 1.75. The summed E-state index contributed by atoms with van der Waals surface area (Å²) in [5, 5.41) is 0.987. The van der Waals surface area contributed by atoms with Crippen molar-refractivity contribution in [3.8, 4) is 0 Å². The van der Waals surface area contributed by atoms with E-state index in [0.717, 1.165) is 34.9 Å². The minimum absolute atomic E-state index is 0.741. The van der Waals surface area contributed by atoms with Gasteiger partial charge in [-0.25, -0.2) is 15.0 Å². The van der Waals surface area contributed by atoms with E-state index in [4.69, 9.17) is 0 Å². The topological polar surface area (TPSA) is 57.7 Å². The van der Waals surface area contributed by atoms with Crippen LogP contribution >= 0.6 is 11.8 Å². The maximum atomic E-state index is 4.26. The number of aromatic amines is 1. The molecule has 0 aromatic carbocycles. The summed E-state index contributed by atoms with van der Waals surface area (Å²) in [6.45, 7) is 1.10. The first-order valence-corrected chi connectivity index (χ1v) is 6.17. The number of hydrogen-bond donors (Lipinski definition) is 1. The normalized spacial score (nSPS) is 11.4. The predicted molar refractivity (Wildman–Crippen MR) is 65.6 cm³/mol. The van der Waals surface area contributed by atoms with Gasteiger partial charge in [-0.2, -0.15) is 0 Å². The van der Waals surface area contributed by atoms with Gasteiger partial charge in [0, 0.05) is 5.75 Å². The van der Waals surface area contributed by atoms with Gasteiger partial charge in [-0.15, -0.1) is 11.8 Å². The fourth-order valence-corrected chi connectivity index (χ4v) is 2.28. The second kappa shape index (κ2) is 5.27. The molecule has 0 amide bonds. The highest BCUT2D eigenvalue weighted by atomic mass is 32.2. The first-order chi connectivity index (χ1) is 7.77. The second-order valence-corrected chi connectivity index (χ2v) is 4.87. The fourth-order valence-electron chi connectivity index (χ4n) is 1.40. The Kier molecular flexibility index (Phi) is 3.74. The zero-order chi connectivity index (χ0) is 11.4. The lowest BCUT2D eigenvalue weighted by molar-refractivity contribution is 0.410. The van der Waals surface area contributed by atoms with E-state index in [1.165, 1.54) is 0 Å². The van der Waals surface area contributed by atoms with E-state index >= 15 is 0 Å². The highest BCUT2D eigenvalue weighted by Gasteiger charge is 2.05. The molecule has 0 aliphatic carbocycles. The van der Waals surface area contributed by atoms with Crippen molar-refractivity contribution in [2.75, 3.05) is 26.4 Å². The lowest BCUT2D eigenvalue weighted by Gasteiger charge is -2.08. The van der Waals surface area contributed by atoms with Crippen molar-refractivity contribution in [3.05, 3.63) is 12.7 Å². The molecule has 0 unspecified atom stereocenters. The maximum Gasteiger partial charge on any atom is 0.181 e. The van der Waals surface area contributed by atoms with Gasteiger partial charge in [-0.3, -0.25) is 0 Å². The molecule has 2 rings (SSSR count). The van der Waals surface area contributed by atoms with Crippen LogP contribution < -0.4 is 0 Å². The third-order valence-corrected chi connectivity index (χ3v) is 3.25. The van der Waals surface area contributed by atoms with E-state index in [1.807, 2.05) is 0 Å². The highest BCUT2D eigenvalue weighted by molar-refractivity contribution is 7.99. The van der Waals surface area contributed by atoms with E-state index in [1.54, 1.807) is 24.4 Å². The molecule has 2 aromatic heterocycles. The van der Waals surface area contributed by atoms with Gasteiger partial charge in [0.15, 0.2) is 5.65 Å². The van der Waals surface area contributed by atoms with Gasteiger partial charge >= 0.3 is 0 Å². The van der Waals surface area contributed by atoms with E-state index < -0.39 is 0 Å². The van der Waals surface area contributed by atoms with Crippen LogP contribution in [0.3, 0.4) is 0 Å². The molecular weight excluding hydrogens is 222 g/mol. The number of H-pyrrole nitrogens is 1. The maximum absolute atomic E-state index is 4.26. The molecule has 2 aromatic rings. The minimum Gasteiger partial charge on any atom is -0.341 e. The number of thioether (sulfide) groups is 1. The largest absolute Gasteiger partial charge is 0.341 e. The van der Waals surface area contributed by atoms with E-state index in [9.17, 15) is 0 Å². The Hall–Kier alpha value is -1.14. The third-order valence-electron chi connectivity index (χ3n) is 2.18. The second-order valence-electron chi connectivity index (χ2n) is 3.79. The Morgan fingerprint density at radius 3 is 3.00 bits per heavy atom. The zero-order valence-corrected chi connectivity index (χ0v) is 10.3. The average Bonchev–Trinajstić information content (AvgIpc) is 2.72. The molecule has 0 aliphatic rings. The van der Waals surface area contributed by atoms with Gasteiger partial charge < -0.3 is 9.88 Å². The molecule has 2 heterocycles. The zero-order valence-electron chi connectivity index (χ0n) is 9.47. The van der Waals surface area contributed by atoms with Gasteiger partial charge in [0.25, 0.3) is 0 Å². The van der Waals surface area contributed by atoms with Crippen LogP contribution in [-0.2, 0) is 0 Å². The van der Waals surface area contributed by atoms with Crippen LogP contribution in [0, 0.1) is 0 Å². The summed E-state index contributed by atoms with van der Waals surface area (Å²) in [6, 6.07) is 0. The lowest BCUT2D eigenvalue weighted by atomic mass is 10.5. The summed E-state index contributed by atoms with van der Waals surface area (Å²) < 4.78 is 0. The smallest absolute Gasteiger partial charge is 0.181 e. The number of imidazole rings is 1. The molecule has 0 bridgehead atoms. The van der Waals surface area contributed by atoms with Crippen LogP contribution in [0.15, 0.2) is 17.7 Å². The number of hydrogen-bond acceptors (Lipinski definition) is 5. The molecule has 86 valence electrons. The molecular formula is C10H15N5S. The SMILES string of the molecule is CN(C)CCCSc1ncnc2nc[nH]c12. The summed E-state index contributed by atoms with van der Waals surface area (Å²) in [5.74, 6) is 1.06. The van der Waals surface area contributed by atoms with Crippen LogP contribution in [0.25, 0.3) is 11.2 Å². The molecule has 0 atom stereocenters. The standard InChI is InChI=1S/C10H15N5S/c1-15(2)4-3-5-16-10-8-9(12-6-11-8)13-7-14-10/h6-7H,3-5H2,1-2H3,(H,11,12,13,14). The number of fused-ring (bicyclic) bond motifs is 1. The van der Waals surface area contributed by atoms with Crippen LogP contribution in [0.1, 0.15) is 6.42 Å². The van der Waals surface area contributed by atoms with Crippen molar-refractivity contribution >= 4 is 22.9 Å². The van der Waals surface area contributed by atoms with Gasteiger partial charge in [-0.1, -0.05) is 0 Å². The Morgan fingerprint density at radius 1 is 1.31 bits per heavy atom. The molecule has 0 radical (unpaired) electrons. The van der Waals surface area contributed by atoms with Crippen molar-refractivity contribution in [2.24, 2.45) is 0 Å². The Morgan fingerprint density at radius 2 is 2.19 bits per heavy atom.